The second-order valence-electron chi connectivity index (χ2n) is 6.67. The van der Waals surface area contributed by atoms with E-state index in [0.717, 1.165) is 18.4 Å². The summed E-state index contributed by atoms with van der Waals surface area (Å²) in [6, 6.07) is 5.43. The Kier molecular flexibility index (Phi) is 6.86. The maximum Gasteiger partial charge on any atom is 0.306 e. The van der Waals surface area contributed by atoms with Crippen LogP contribution in [0.1, 0.15) is 32.1 Å². The topological polar surface area (TPSA) is 86.8 Å². The third-order valence-electron chi connectivity index (χ3n) is 4.73. The summed E-state index contributed by atoms with van der Waals surface area (Å²) >= 11 is 1.29. The number of methoxy groups -OCH3 is 2. The van der Waals surface area contributed by atoms with Crippen molar-refractivity contribution in [2.24, 2.45) is 5.92 Å². The summed E-state index contributed by atoms with van der Waals surface area (Å²) in [5, 5.41) is 4.91. The maximum absolute atomic E-state index is 12.1. The lowest BCUT2D eigenvalue weighted by Gasteiger charge is -2.09. The molecule has 8 heteroatoms. The molecule has 0 atom stereocenters. The lowest BCUT2D eigenvalue weighted by molar-refractivity contribution is -0.148. The number of anilines is 1. The number of aromatic nitrogens is 1. The third kappa shape index (κ3) is 5.22. The normalized spacial score (nSPS) is 13.9. The Morgan fingerprint density at radius 3 is 2.71 bits per heavy atom. The van der Waals surface area contributed by atoms with Gasteiger partial charge >= 0.3 is 5.97 Å². The van der Waals surface area contributed by atoms with E-state index in [0.29, 0.717) is 34.7 Å². The zero-order chi connectivity index (χ0) is 19.9. The molecule has 1 aromatic carbocycles. The smallest absolute Gasteiger partial charge is 0.306 e. The molecule has 1 amide bonds. The molecule has 1 aromatic heterocycles. The molecule has 1 N–H and O–H groups in total. The predicted molar refractivity (Wildman–Crippen MR) is 107 cm³/mol. The number of esters is 1. The van der Waals surface area contributed by atoms with E-state index in [2.05, 4.69) is 10.3 Å². The van der Waals surface area contributed by atoms with Gasteiger partial charge in [-0.05, 0) is 37.0 Å². The van der Waals surface area contributed by atoms with Crippen molar-refractivity contribution < 1.29 is 23.8 Å². The molecule has 1 heterocycles. The summed E-state index contributed by atoms with van der Waals surface area (Å²) in [7, 11) is 3.17. The van der Waals surface area contributed by atoms with Crippen LogP contribution in [-0.4, -0.2) is 37.7 Å². The SMILES string of the molecule is COc1ccc(OC)c(-c2csc(NC(=O)COC(=O)CC3CCCC3)n2)c1. The summed E-state index contributed by atoms with van der Waals surface area (Å²) in [5.41, 5.74) is 1.43. The molecule has 0 bridgehead atoms. The largest absolute Gasteiger partial charge is 0.497 e. The number of rotatable bonds is 8. The first kappa shape index (κ1) is 20.1. The van der Waals surface area contributed by atoms with Crippen molar-refractivity contribution in [3.63, 3.8) is 0 Å². The number of hydrogen-bond acceptors (Lipinski definition) is 7. The molecule has 0 spiro atoms. The van der Waals surface area contributed by atoms with E-state index >= 15 is 0 Å². The van der Waals surface area contributed by atoms with Crippen molar-refractivity contribution >= 4 is 28.3 Å². The standard InChI is InChI=1S/C20H24N2O5S/c1-25-14-7-8-17(26-2)15(10-14)16-12-28-20(21-16)22-18(23)11-27-19(24)9-13-5-3-4-6-13/h7-8,10,12-13H,3-6,9,11H2,1-2H3,(H,21,22,23). The lowest BCUT2D eigenvalue weighted by Crippen LogP contribution is -2.21. The van der Waals surface area contributed by atoms with E-state index in [-0.39, 0.29) is 12.6 Å². The molecular weight excluding hydrogens is 380 g/mol. The Morgan fingerprint density at radius 2 is 2.00 bits per heavy atom. The van der Waals surface area contributed by atoms with Crippen LogP contribution in [0, 0.1) is 5.92 Å². The highest BCUT2D eigenvalue weighted by Crippen LogP contribution is 2.35. The van der Waals surface area contributed by atoms with E-state index < -0.39 is 5.91 Å². The Hall–Kier alpha value is -2.61. The predicted octanol–water partition coefficient (Wildman–Crippen LogP) is 3.89. The van der Waals surface area contributed by atoms with Gasteiger partial charge in [-0.15, -0.1) is 11.3 Å². The van der Waals surface area contributed by atoms with Crippen LogP contribution >= 0.6 is 11.3 Å². The van der Waals surface area contributed by atoms with Crippen molar-refractivity contribution in [2.45, 2.75) is 32.1 Å². The highest BCUT2D eigenvalue weighted by atomic mass is 32.1. The minimum atomic E-state index is -0.404. The van der Waals surface area contributed by atoms with Gasteiger partial charge in [-0.3, -0.25) is 14.9 Å². The van der Waals surface area contributed by atoms with E-state index in [1.54, 1.807) is 26.4 Å². The van der Waals surface area contributed by atoms with Gasteiger partial charge in [-0.25, -0.2) is 4.98 Å². The van der Waals surface area contributed by atoms with Crippen LogP contribution in [0.15, 0.2) is 23.6 Å². The van der Waals surface area contributed by atoms with Gasteiger partial charge in [0.05, 0.1) is 19.9 Å². The van der Waals surface area contributed by atoms with E-state index in [1.165, 1.54) is 24.2 Å². The first-order valence-corrected chi connectivity index (χ1v) is 10.1. The Labute approximate surface area is 168 Å². The molecule has 0 radical (unpaired) electrons. The molecule has 0 saturated heterocycles. The number of carbonyl (C=O) groups is 2. The third-order valence-corrected chi connectivity index (χ3v) is 5.49. The van der Waals surface area contributed by atoms with Gasteiger partial charge in [0, 0.05) is 17.4 Å². The summed E-state index contributed by atoms with van der Waals surface area (Å²) in [4.78, 5) is 28.3. The number of nitrogens with zero attached hydrogens (tertiary/aromatic N) is 1. The first-order valence-electron chi connectivity index (χ1n) is 9.22. The summed E-state index contributed by atoms with van der Waals surface area (Å²) in [5.74, 6) is 1.02. The van der Waals surface area contributed by atoms with Crippen molar-refractivity contribution in [2.75, 3.05) is 26.1 Å². The van der Waals surface area contributed by atoms with Crippen LogP contribution in [0.5, 0.6) is 11.5 Å². The number of amides is 1. The second-order valence-corrected chi connectivity index (χ2v) is 7.53. The molecule has 2 aromatic rings. The molecule has 1 saturated carbocycles. The molecule has 1 aliphatic carbocycles. The molecule has 28 heavy (non-hydrogen) atoms. The fourth-order valence-corrected chi connectivity index (χ4v) is 4.01. The summed E-state index contributed by atoms with van der Waals surface area (Å²) in [6.45, 7) is -0.303. The van der Waals surface area contributed by atoms with Crippen molar-refractivity contribution in [1.29, 1.82) is 0 Å². The van der Waals surface area contributed by atoms with Crippen molar-refractivity contribution in [1.82, 2.24) is 4.98 Å². The average Bonchev–Trinajstić information content (AvgIpc) is 3.38. The van der Waals surface area contributed by atoms with E-state index in [1.807, 2.05) is 11.4 Å². The number of thiazole rings is 1. The zero-order valence-corrected chi connectivity index (χ0v) is 16.8. The Bertz CT molecular complexity index is 830. The highest BCUT2D eigenvalue weighted by Gasteiger charge is 2.20. The minimum Gasteiger partial charge on any atom is -0.497 e. The molecule has 1 aliphatic rings. The maximum atomic E-state index is 12.1. The van der Waals surface area contributed by atoms with E-state index in [9.17, 15) is 9.59 Å². The number of carbonyl (C=O) groups excluding carboxylic acids is 2. The molecule has 7 nitrogen and oxygen atoms in total. The Morgan fingerprint density at radius 1 is 1.21 bits per heavy atom. The minimum absolute atomic E-state index is 0.303. The second kappa shape index (κ2) is 9.54. The van der Waals surface area contributed by atoms with Crippen LogP contribution in [0.3, 0.4) is 0 Å². The lowest BCUT2D eigenvalue weighted by atomic mass is 10.1. The van der Waals surface area contributed by atoms with Crippen LogP contribution in [0.25, 0.3) is 11.3 Å². The molecule has 0 unspecified atom stereocenters. The van der Waals surface area contributed by atoms with Crippen molar-refractivity contribution in [3.8, 4) is 22.8 Å². The Balaban J connectivity index is 1.55. The summed E-state index contributed by atoms with van der Waals surface area (Å²) in [6.07, 6.45) is 4.87. The fraction of sp³-hybridized carbons (Fsp3) is 0.450. The average molecular weight is 404 g/mol. The number of benzene rings is 1. The molecule has 0 aliphatic heterocycles. The summed E-state index contributed by atoms with van der Waals surface area (Å²) < 4.78 is 15.7. The van der Waals surface area contributed by atoms with Gasteiger partial charge in [-0.2, -0.15) is 0 Å². The van der Waals surface area contributed by atoms with Gasteiger partial charge in [0.25, 0.3) is 5.91 Å². The molecular formula is C20H24N2O5S. The zero-order valence-electron chi connectivity index (χ0n) is 16.0. The van der Waals surface area contributed by atoms with Crippen LogP contribution in [-0.2, 0) is 14.3 Å². The highest BCUT2D eigenvalue weighted by molar-refractivity contribution is 7.14. The first-order chi connectivity index (χ1) is 13.6. The monoisotopic (exact) mass is 404 g/mol. The van der Waals surface area contributed by atoms with Gasteiger partial charge in [-0.1, -0.05) is 12.8 Å². The number of hydrogen-bond donors (Lipinski definition) is 1. The van der Waals surface area contributed by atoms with Crippen molar-refractivity contribution in [3.05, 3.63) is 23.6 Å². The fourth-order valence-electron chi connectivity index (χ4n) is 3.28. The van der Waals surface area contributed by atoms with Gasteiger partial charge < -0.3 is 14.2 Å². The molecule has 1 fully saturated rings. The van der Waals surface area contributed by atoms with Gasteiger partial charge in [0.1, 0.15) is 11.5 Å². The molecule has 3 rings (SSSR count). The quantitative estimate of drug-likeness (QED) is 0.672. The van der Waals surface area contributed by atoms with Gasteiger partial charge in [0.2, 0.25) is 0 Å². The van der Waals surface area contributed by atoms with Crippen LogP contribution in [0.2, 0.25) is 0 Å². The van der Waals surface area contributed by atoms with Crippen LogP contribution in [0.4, 0.5) is 5.13 Å². The number of ether oxygens (including phenoxy) is 3. The number of nitrogens with one attached hydrogen (secondary N) is 1. The van der Waals surface area contributed by atoms with Gasteiger partial charge in [0.15, 0.2) is 11.7 Å². The van der Waals surface area contributed by atoms with E-state index in [4.69, 9.17) is 14.2 Å². The molecule has 150 valence electrons. The van der Waals surface area contributed by atoms with Crippen LogP contribution < -0.4 is 14.8 Å².